The van der Waals surface area contributed by atoms with Crippen LogP contribution in [0.15, 0.2) is 103 Å². The molecule has 1 aromatic heterocycles. The van der Waals surface area contributed by atoms with Gasteiger partial charge in [0.25, 0.3) is 0 Å². The van der Waals surface area contributed by atoms with Gasteiger partial charge in [0, 0.05) is 44.2 Å². The van der Waals surface area contributed by atoms with Crippen molar-refractivity contribution in [3.63, 3.8) is 0 Å². The van der Waals surface area contributed by atoms with Gasteiger partial charge in [-0.1, -0.05) is 116 Å². The lowest BCUT2D eigenvalue weighted by Crippen LogP contribution is -2.25. The highest BCUT2D eigenvalue weighted by atomic mass is 16.5. The highest BCUT2D eigenvalue weighted by Gasteiger charge is 2.22. The summed E-state index contributed by atoms with van der Waals surface area (Å²) in [5, 5.41) is 0. The molecule has 0 saturated carbocycles. The molecule has 220 valence electrons. The number of ether oxygens (including phenoxy) is 1. The zero-order chi connectivity index (χ0) is 30.2. The third-order valence-electron chi connectivity index (χ3n) is 7.68. The molecule has 0 aliphatic carbocycles. The van der Waals surface area contributed by atoms with Gasteiger partial charge in [-0.3, -0.25) is 9.69 Å². The van der Waals surface area contributed by atoms with Crippen molar-refractivity contribution in [3.05, 3.63) is 131 Å². The fraction of sp³-hybridized carbons (Fsp3) is 0.263. The Balaban J connectivity index is 1.60. The summed E-state index contributed by atoms with van der Waals surface area (Å²) < 4.78 is 7.97. The molecule has 0 aliphatic rings. The summed E-state index contributed by atoms with van der Waals surface area (Å²) in [6, 6.07) is 36.0. The molecule has 5 rings (SSSR count). The predicted molar refractivity (Wildman–Crippen MR) is 175 cm³/mol. The van der Waals surface area contributed by atoms with Gasteiger partial charge in [-0.15, -0.1) is 0 Å². The van der Waals surface area contributed by atoms with Gasteiger partial charge in [-0.2, -0.15) is 0 Å². The van der Waals surface area contributed by atoms with Crippen molar-refractivity contribution in [3.8, 4) is 28.4 Å². The SMILES string of the molecule is CCCCn1c(-c2ccccc2)nc(-c2ccccc2)c1CN(Cc1ccccc1)Cc1cc(C)c(OC(C)=O)c(C)c1. The van der Waals surface area contributed by atoms with E-state index in [0.717, 1.165) is 72.8 Å². The molecule has 1 heterocycles. The number of aromatic nitrogens is 2. The minimum atomic E-state index is -0.298. The van der Waals surface area contributed by atoms with Crippen LogP contribution in [0.3, 0.4) is 0 Å². The van der Waals surface area contributed by atoms with E-state index in [1.165, 1.54) is 23.7 Å². The Kier molecular flexibility index (Phi) is 9.85. The van der Waals surface area contributed by atoms with E-state index in [4.69, 9.17) is 9.72 Å². The van der Waals surface area contributed by atoms with Crippen LogP contribution >= 0.6 is 0 Å². The van der Waals surface area contributed by atoms with Gasteiger partial charge >= 0.3 is 5.97 Å². The first-order valence-electron chi connectivity index (χ1n) is 15.2. The van der Waals surface area contributed by atoms with Crippen molar-refractivity contribution in [2.45, 2.75) is 66.7 Å². The monoisotopic (exact) mass is 571 g/mol. The van der Waals surface area contributed by atoms with E-state index >= 15 is 0 Å². The summed E-state index contributed by atoms with van der Waals surface area (Å²) in [5.74, 6) is 1.37. The summed E-state index contributed by atoms with van der Waals surface area (Å²) in [7, 11) is 0. The molecule has 0 unspecified atom stereocenters. The Hall–Kier alpha value is -4.48. The standard InChI is InChI=1S/C38H41N3O2/c1-5-6-22-41-35(36(33-18-12-8-13-19-33)39-38(41)34-20-14-9-15-21-34)27-40(25-31-16-10-7-11-17-31)26-32-23-28(2)37(29(3)24-32)43-30(4)42/h7-21,23-24H,5-6,22,25-27H2,1-4H3. The van der Waals surface area contributed by atoms with Crippen LogP contribution in [-0.4, -0.2) is 20.4 Å². The summed E-state index contributed by atoms with van der Waals surface area (Å²) in [5.41, 5.74) is 8.89. The van der Waals surface area contributed by atoms with E-state index in [9.17, 15) is 4.79 Å². The lowest BCUT2D eigenvalue weighted by molar-refractivity contribution is -0.131. The van der Waals surface area contributed by atoms with Crippen LogP contribution in [0, 0.1) is 13.8 Å². The van der Waals surface area contributed by atoms with Crippen LogP contribution < -0.4 is 4.74 Å². The molecular weight excluding hydrogens is 530 g/mol. The average molecular weight is 572 g/mol. The Labute approximate surface area is 255 Å². The van der Waals surface area contributed by atoms with Gasteiger partial charge in [0.1, 0.15) is 11.6 Å². The van der Waals surface area contributed by atoms with Crippen LogP contribution in [0.4, 0.5) is 0 Å². The van der Waals surface area contributed by atoms with Gasteiger partial charge in [-0.05, 0) is 42.5 Å². The van der Waals surface area contributed by atoms with Crippen molar-refractivity contribution >= 4 is 5.97 Å². The molecule has 5 aromatic rings. The lowest BCUT2D eigenvalue weighted by atomic mass is 10.0. The number of hydrogen-bond acceptors (Lipinski definition) is 4. The average Bonchev–Trinajstić information content (AvgIpc) is 3.37. The fourth-order valence-corrected chi connectivity index (χ4v) is 5.75. The van der Waals surface area contributed by atoms with Crippen LogP contribution in [-0.2, 0) is 31.0 Å². The number of rotatable bonds is 12. The van der Waals surface area contributed by atoms with Crippen molar-refractivity contribution in [2.75, 3.05) is 0 Å². The van der Waals surface area contributed by atoms with Gasteiger partial charge in [0.15, 0.2) is 0 Å². The molecule has 0 fully saturated rings. The first-order chi connectivity index (χ1) is 20.9. The third kappa shape index (κ3) is 7.49. The summed E-state index contributed by atoms with van der Waals surface area (Å²) in [6.07, 6.45) is 2.18. The molecule has 0 atom stereocenters. The van der Waals surface area contributed by atoms with Crippen molar-refractivity contribution in [2.24, 2.45) is 0 Å². The van der Waals surface area contributed by atoms with Crippen LogP contribution in [0.5, 0.6) is 5.75 Å². The number of nitrogens with zero attached hydrogens (tertiary/aromatic N) is 3. The van der Waals surface area contributed by atoms with Crippen LogP contribution in [0.2, 0.25) is 0 Å². The van der Waals surface area contributed by atoms with E-state index < -0.39 is 0 Å². The molecule has 0 N–H and O–H groups in total. The molecule has 5 heteroatoms. The normalized spacial score (nSPS) is 11.2. The van der Waals surface area contributed by atoms with Crippen molar-refractivity contribution in [1.29, 1.82) is 0 Å². The molecule has 0 bridgehead atoms. The maximum Gasteiger partial charge on any atom is 0.308 e. The van der Waals surface area contributed by atoms with Crippen molar-refractivity contribution in [1.82, 2.24) is 14.5 Å². The zero-order valence-electron chi connectivity index (χ0n) is 25.7. The van der Waals surface area contributed by atoms with E-state index in [-0.39, 0.29) is 5.97 Å². The first-order valence-corrected chi connectivity index (χ1v) is 15.2. The third-order valence-corrected chi connectivity index (χ3v) is 7.68. The molecule has 5 nitrogen and oxygen atoms in total. The number of unbranched alkanes of at least 4 members (excludes halogenated alkanes) is 1. The summed E-state index contributed by atoms with van der Waals surface area (Å²) in [6.45, 7) is 10.9. The van der Waals surface area contributed by atoms with E-state index in [1.54, 1.807) is 0 Å². The molecule has 0 aliphatic heterocycles. The Bertz CT molecular complexity index is 1620. The number of imidazole rings is 1. The smallest absolute Gasteiger partial charge is 0.308 e. The topological polar surface area (TPSA) is 47.4 Å². The zero-order valence-corrected chi connectivity index (χ0v) is 25.7. The number of benzene rings is 4. The largest absolute Gasteiger partial charge is 0.426 e. The maximum absolute atomic E-state index is 11.7. The molecule has 0 radical (unpaired) electrons. The Morgan fingerprint density at radius 2 is 1.33 bits per heavy atom. The van der Waals surface area contributed by atoms with Crippen LogP contribution in [0.25, 0.3) is 22.6 Å². The molecule has 0 amide bonds. The molecule has 0 saturated heterocycles. The number of aryl methyl sites for hydroxylation is 2. The second kappa shape index (κ2) is 14.1. The van der Waals surface area contributed by atoms with Crippen LogP contribution in [0.1, 0.15) is 54.6 Å². The maximum atomic E-state index is 11.7. The highest BCUT2D eigenvalue weighted by molar-refractivity contribution is 5.70. The molecule has 43 heavy (non-hydrogen) atoms. The van der Waals surface area contributed by atoms with E-state index in [0.29, 0.717) is 5.75 Å². The van der Waals surface area contributed by atoms with E-state index in [1.807, 2.05) is 13.8 Å². The highest BCUT2D eigenvalue weighted by Crippen LogP contribution is 2.32. The quantitative estimate of drug-likeness (QED) is 0.111. The second-order valence-electron chi connectivity index (χ2n) is 11.3. The number of carbonyl (C=O) groups excluding carboxylic acids is 1. The number of esters is 1. The molecule has 4 aromatic carbocycles. The fourth-order valence-electron chi connectivity index (χ4n) is 5.75. The predicted octanol–water partition coefficient (Wildman–Crippen LogP) is 8.76. The number of hydrogen-bond donors (Lipinski definition) is 0. The van der Waals surface area contributed by atoms with Gasteiger partial charge in [0.05, 0.1) is 11.4 Å². The first kappa shape index (κ1) is 30.0. The van der Waals surface area contributed by atoms with Gasteiger partial charge in [0.2, 0.25) is 0 Å². The molecule has 0 spiro atoms. The second-order valence-corrected chi connectivity index (χ2v) is 11.3. The lowest BCUT2D eigenvalue weighted by Gasteiger charge is -2.25. The summed E-state index contributed by atoms with van der Waals surface area (Å²) >= 11 is 0. The van der Waals surface area contributed by atoms with Crippen molar-refractivity contribution < 1.29 is 9.53 Å². The van der Waals surface area contributed by atoms with E-state index in [2.05, 4.69) is 120 Å². The Morgan fingerprint density at radius 3 is 1.91 bits per heavy atom. The minimum absolute atomic E-state index is 0.298. The Morgan fingerprint density at radius 1 is 0.767 bits per heavy atom. The number of carbonyl (C=O) groups is 1. The molecular formula is C38H41N3O2. The van der Waals surface area contributed by atoms with Gasteiger partial charge < -0.3 is 9.30 Å². The summed E-state index contributed by atoms with van der Waals surface area (Å²) in [4.78, 5) is 19.5. The van der Waals surface area contributed by atoms with Gasteiger partial charge in [-0.25, -0.2) is 4.98 Å². The minimum Gasteiger partial charge on any atom is -0.426 e.